The predicted molar refractivity (Wildman–Crippen MR) is 147 cm³/mol. The maximum Gasteiger partial charge on any atom is -0.00928 e. The van der Waals surface area contributed by atoms with Gasteiger partial charge in [-0.2, -0.15) is 0 Å². The first kappa shape index (κ1) is 19.1. The Bertz CT molecular complexity index is 1820. The van der Waals surface area contributed by atoms with Crippen molar-refractivity contribution in [1.29, 1.82) is 0 Å². The van der Waals surface area contributed by atoms with Crippen molar-refractivity contribution in [3.8, 4) is 22.3 Å². The smallest absolute Gasteiger partial charge is 0.00928 e. The molecule has 0 atom stereocenters. The molecule has 0 saturated heterocycles. The summed E-state index contributed by atoms with van der Waals surface area (Å²) in [6.45, 7) is 0. The van der Waals surface area contributed by atoms with Gasteiger partial charge in [-0.15, -0.1) is 0 Å². The fraction of sp³-hybridized carbons (Fsp3) is 0. The Labute approximate surface area is 198 Å². The van der Waals surface area contributed by atoms with Gasteiger partial charge in [0.15, 0.2) is 0 Å². The summed E-state index contributed by atoms with van der Waals surface area (Å²) < 4.78 is 0. The average Bonchev–Trinajstić information content (AvgIpc) is 2.93. The van der Waals surface area contributed by atoms with E-state index in [4.69, 9.17) is 0 Å². The van der Waals surface area contributed by atoms with E-state index in [1.165, 1.54) is 65.3 Å². The fourth-order valence-electron chi connectivity index (χ4n) is 5.43. The summed E-state index contributed by atoms with van der Waals surface area (Å²) in [4.78, 5) is 0. The number of rotatable bonds is 2. The van der Waals surface area contributed by atoms with Gasteiger partial charge < -0.3 is 0 Å². The summed E-state index contributed by atoms with van der Waals surface area (Å²) >= 11 is 0. The van der Waals surface area contributed by atoms with Crippen LogP contribution in [0.4, 0.5) is 0 Å². The average molecular weight is 431 g/mol. The SMILES string of the molecule is c1cc(-c2ccc3c4ccccc4c4ccccc4c3c2)cc(-c2cccc3ccccc23)c1. The van der Waals surface area contributed by atoms with E-state index in [0.29, 0.717) is 0 Å². The van der Waals surface area contributed by atoms with Crippen LogP contribution in [0.1, 0.15) is 0 Å². The van der Waals surface area contributed by atoms with Crippen LogP contribution >= 0.6 is 0 Å². The second-order valence-corrected chi connectivity index (χ2v) is 8.96. The molecule has 0 radical (unpaired) electrons. The van der Waals surface area contributed by atoms with E-state index >= 15 is 0 Å². The maximum atomic E-state index is 2.37. The monoisotopic (exact) mass is 430 g/mol. The molecule has 7 aromatic carbocycles. The van der Waals surface area contributed by atoms with Crippen molar-refractivity contribution in [3.63, 3.8) is 0 Å². The minimum Gasteiger partial charge on any atom is -0.0616 e. The van der Waals surface area contributed by atoms with E-state index < -0.39 is 0 Å². The van der Waals surface area contributed by atoms with Crippen LogP contribution < -0.4 is 0 Å². The van der Waals surface area contributed by atoms with Crippen molar-refractivity contribution in [2.75, 3.05) is 0 Å². The number of hydrogen-bond acceptors (Lipinski definition) is 0. The molecule has 158 valence electrons. The van der Waals surface area contributed by atoms with Crippen LogP contribution in [0.2, 0.25) is 0 Å². The van der Waals surface area contributed by atoms with Gasteiger partial charge in [0.1, 0.15) is 0 Å². The molecule has 0 bridgehead atoms. The van der Waals surface area contributed by atoms with Crippen LogP contribution in [0.15, 0.2) is 133 Å². The second kappa shape index (κ2) is 7.57. The van der Waals surface area contributed by atoms with E-state index in [1.54, 1.807) is 0 Å². The Hall–Kier alpha value is -4.42. The van der Waals surface area contributed by atoms with Crippen LogP contribution in [-0.4, -0.2) is 0 Å². The van der Waals surface area contributed by atoms with Crippen molar-refractivity contribution in [2.24, 2.45) is 0 Å². The first-order valence-corrected chi connectivity index (χ1v) is 11.8. The highest BCUT2D eigenvalue weighted by atomic mass is 14.1. The van der Waals surface area contributed by atoms with Crippen molar-refractivity contribution in [2.45, 2.75) is 0 Å². The Morgan fingerprint density at radius 1 is 0.265 bits per heavy atom. The number of hydrogen-bond donors (Lipinski definition) is 0. The highest BCUT2D eigenvalue weighted by molar-refractivity contribution is 6.25. The molecule has 0 aliphatic heterocycles. The molecule has 0 aromatic heterocycles. The first-order valence-electron chi connectivity index (χ1n) is 11.8. The van der Waals surface area contributed by atoms with Gasteiger partial charge in [0.05, 0.1) is 0 Å². The normalized spacial score (nSPS) is 11.5. The molecule has 0 aliphatic rings. The zero-order chi connectivity index (χ0) is 22.5. The third-order valence-corrected chi connectivity index (χ3v) is 7.04. The van der Waals surface area contributed by atoms with Crippen molar-refractivity contribution < 1.29 is 0 Å². The van der Waals surface area contributed by atoms with Crippen LogP contribution in [-0.2, 0) is 0 Å². The lowest BCUT2D eigenvalue weighted by Gasteiger charge is -2.13. The minimum absolute atomic E-state index is 1.24. The molecule has 7 aromatic rings. The van der Waals surface area contributed by atoms with Crippen molar-refractivity contribution >= 4 is 43.1 Å². The molecule has 0 N–H and O–H groups in total. The Balaban J connectivity index is 1.46. The number of benzene rings is 7. The van der Waals surface area contributed by atoms with E-state index in [1.807, 2.05) is 0 Å². The lowest BCUT2D eigenvalue weighted by atomic mass is 9.91. The zero-order valence-electron chi connectivity index (χ0n) is 18.7. The molecule has 0 fully saturated rings. The molecule has 7 rings (SSSR count). The van der Waals surface area contributed by atoms with Crippen molar-refractivity contribution in [3.05, 3.63) is 133 Å². The molecule has 0 unspecified atom stereocenters. The molecule has 0 amide bonds. The topological polar surface area (TPSA) is 0 Å². The zero-order valence-corrected chi connectivity index (χ0v) is 18.7. The summed E-state index contributed by atoms with van der Waals surface area (Å²) in [6.07, 6.45) is 0. The third-order valence-electron chi connectivity index (χ3n) is 7.04. The molecule has 0 nitrogen and oxygen atoms in total. The second-order valence-electron chi connectivity index (χ2n) is 8.96. The standard InChI is InChI=1S/C34H22/c1-2-13-27-23(9-1)10-8-18-28(27)26-12-7-11-24(21-26)25-19-20-33-31-16-4-3-14-29(31)30-15-5-6-17-32(30)34(33)22-25/h1-22H. The van der Waals surface area contributed by atoms with Gasteiger partial charge >= 0.3 is 0 Å². The Kier molecular flexibility index (Phi) is 4.25. The molecule has 0 aliphatic carbocycles. The molecule has 0 spiro atoms. The number of fused-ring (bicyclic) bond motifs is 7. The predicted octanol–water partition coefficient (Wildman–Crippen LogP) is 9.63. The minimum atomic E-state index is 1.24. The Morgan fingerprint density at radius 2 is 0.765 bits per heavy atom. The lowest BCUT2D eigenvalue weighted by molar-refractivity contribution is 1.62. The first-order chi connectivity index (χ1) is 16.9. The van der Waals surface area contributed by atoms with Crippen LogP contribution in [0.25, 0.3) is 65.3 Å². The summed E-state index contributed by atoms with van der Waals surface area (Å²) in [5.41, 5.74) is 5.01. The van der Waals surface area contributed by atoms with Crippen molar-refractivity contribution in [1.82, 2.24) is 0 Å². The molecule has 0 saturated carbocycles. The molecular weight excluding hydrogens is 408 g/mol. The molecule has 0 heteroatoms. The fourth-order valence-corrected chi connectivity index (χ4v) is 5.43. The summed E-state index contributed by atoms with van der Waals surface area (Å²) in [7, 11) is 0. The molecule has 34 heavy (non-hydrogen) atoms. The van der Waals surface area contributed by atoms with E-state index in [-0.39, 0.29) is 0 Å². The largest absolute Gasteiger partial charge is 0.0616 e. The van der Waals surface area contributed by atoms with Gasteiger partial charge in [0, 0.05) is 0 Å². The van der Waals surface area contributed by atoms with E-state index in [0.717, 1.165) is 0 Å². The molecular formula is C34H22. The summed E-state index contributed by atoms with van der Waals surface area (Å²) in [5.74, 6) is 0. The van der Waals surface area contributed by atoms with E-state index in [9.17, 15) is 0 Å². The van der Waals surface area contributed by atoms with Gasteiger partial charge in [0.25, 0.3) is 0 Å². The van der Waals surface area contributed by atoms with Gasteiger partial charge in [-0.3, -0.25) is 0 Å². The van der Waals surface area contributed by atoms with E-state index in [2.05, 4.69) is 133 Å². The molecule has 0 heterocycles. The summed E-state index contributed by atoms with van der Waals surface area (Å²) in [6, 6.07) is 48.6. The quantitative estimate of drug-likeness (QED) is 0.239. The van der Waals surface area contributed by atoms with Crippen LogP contribution in [0, 0.1) is 0 Å². The highest BCUT2D eigenvalue weighted by Crippen LogP contribution is 2.38. The van der Waals surface area contributed by atoms with Gasteiger partial charge in [-0.1, -0.05) is 121 Å². The third kappa shape index (κ3) is 2.93. The van der Waals surface area contributed by atoms with Crippen LogP contribution in [0.5, 0.6) is 0 Å². The van der Waals surface area contributed by atoms with Gasteiger partial charge in [-0.05, 0) is 77.5 Å². The highest BCUT2D eigenvalue weighted by Gasteiger charge is 2.10. The van der Waals surface area contributed by atoms with Crippen LogP contribution in [0.3, 0.4) is 0 Å². The lowest BCUT2D eigenvalue weighted by Crippen LogP contribution is -1.86. The van der Waals surface area contributed by atoms with Gasteiger partial charge in [-0.25, -0.2) is 0 Å². The van der Waals surface area contributed by atoms with Gasteiger partial charge in [0.2, 0.25) is 0 Å². The summed E-state index contributed by atoms with van der Waals surface area (Å²) in [5, 5.41) is 10.4. The Morgan fingerprint density at radius 3 is 1.50 bits per heavy atom. The maximum absolute atomic E-state index is 2.37.